The first-order valence-electron chi connectivity index (χ1n) is 4.20. The van der Waals surface area contributed by atoms with E-state index in [9.17, 15) is 9.59 Å². The Morgan fingerprint density at radius 3 is 2.80 bits per heavy atom. The number of hydrogen-bond donors (Lipinski definition) is 1. The van der Waals surface area contributed by atoms with Crippen LogP contribution in [0.2, 0.25) is 5.02 Å². The number of hydrogen-bond acceptors (Lipinski definition) is 3. The Bertz CT molecular complexity index is 385. The molecule has 1 aromatic heterocycles. The van der Waals surface area contributed by atoms with Crippen LogP contribution in [0.15, 0.2) is 12.3 Å². The number of aryl methyl sites for hydroxylation is 1. The fourth-order valence-electron chi connectivity index (χ4n) is 1.15. The van der Waals surface area contributed by atoms with E-state index >= 15 is 0 Å². The fourth-order valence-corrected chi connectivity index (χ4v) is 1.37. The Morgan fingerprint density at radius 1 is 1.60 bits per heavy atom. The maximum atomic E-state index is 10.9. The van der Waals surface area contributed by atoms with Crippen molar-refractivity contribution in [3.63, 3.8) is 0 Å². The van der Waals surface area contributed by atoms with Gasteiger partial charge in [-0.25, -0.2) is 4.79 Å². The molecule has 82 valence electrons. The van der Waals surface area contributed by atoms with Gasteiger partial charge in [-0.2, -0.15) is 0 Å². The Balaban J connectivity index is 2.75. The average molecular weight is 232 g/mol. The van der Waals surface area contributed by atoms with Gasteiger partial charge in [0.05, 0.1) is 18.6 Å². The quantitative estimate of drug-likeness (QED) is 0.796. The van der Waals surface area contributed by atoms with Crippen LogP contribution in [0.1, 0.15) is 16.9 Å². The summed E-state index contributed by atoms with van der Waals surface area (Å²) < 4.78 is 5.85. The van der Waals surface area contributed by atoms with E-state index in [2.05, 4.69) is 4.74 Å². The van der Waals surface area contributed by atoms with E-state index in [1.807, 2.05) is 0 Å². The number of aromatic nitrogens is 1. The van der Waals surface area contributed by atoms with Crippen molar-refractivity contribution in [2.24, 2.45) is 0 Å². The lowest BCUT2D eigenvalue weighted by molar-refractivity contribution is -0.140. The number of carboxylic acid groups (broad SMARTS) is 1. The first kappa shape index (κ1) is 11.6. The van der Waals surface area contributed by atoms with Crippen molar-refractivity contribution in [3.05, 3.63) is 23.0 Å². The minimum atomic E-state index is -1.08. The van der Waals surface area contributed by atoms with E-state index in [1.165, 1.54) is 23.9 Å². The zero-order valence-electron chi connectivity index (χ0n) is 8.07. The molecule has 0 aliphatic carbocycles. The van der Waals surface area contributed by atoms with Crippen molar-refractivity contribution >= 4 is 23.5 Å². The van der Waals surface area contributed by atoms with Gasteiger partial charge in [-0.3, -0.25) is 4.79 Å². The number of carbonyl (C=O) groups is 2. The normalized spacial score (nSPS) is 10.0. The molecule has 0 spiro atoms. The average Bonchev–Trinajstić information content (AvgIpc) is 2.56. The Labute approximate surface area is 91.2 Å². The SMILES string of the molecule is COC(=O)CCn1cc(Cl)cc1C(=O)O. The molecule has 0 aliphatic rings. The second kappa shape index (κ2) is 4.84. The van der Waals surface area contributed by atoms with Gasteiger partial charge in [0.2, 0.25) is 0 Å². The lowest BCUT2D eigenvalue weighted by Crippen LogP contribution is -2.11. The van der Waals surface area contributed by atoms with Gasteiger partial charge in [-0.1, -0.05) is 11.6 Å². The van der Waals surface area contributed by atoms with Gasteiger partial charge in [-0.15, -0.1) is 0 Å². The molecule has 0 aromatic carbocycles. The van der Waals surface area contributed by atoms with E-state index in [0.29, 0.717) is 5.02 Å². The van der Waals surface area contributed by atoms with Gasteiger partial charge in [0.1, 0.15) is 5.69 Å². The summed E-state index contributed by atoms with van der Waals surface area (Å²) in [6.07, 6.45) is 1.58. The zero-order chi connectivity index (χ0) is 11.4. The van der Waals surface area contributed by atoms with Gasteiger partial charge in [0.15, 0.2) is 0 Å². The van der Waals surface area contributed by atoms with Crippen molar-refractivity contribution in [3.8, 4) is 0 Å². The van der Waals surface area contributed by atoms with Crippen molar-refractivity contribution in [1.29, 1.82) is 0 Å². The Morgan fingerprint density at radius 2 is 2.27 bits per heavy atom. The van der Waals surface area contributed by atoms with Crippen molar-refractivity contribution < 1.29 is 19.4 Å². The van der Waals surface area contributed by atoms with E-state index < -0.39 is 11.9 Å². The number of rotatable bonds is 4. The monoisotopic (exact) mass is 231 g/mol. The molecule has 1 aromatic rings. The van der Waals surface area contributed by atoms with Gasteiger partial charge in [0, 0.05) is 12.7 Å². The molecular formula is C9H10ClNO4. The van der Waals surface area contributed by atoms with Gasteiger partial charge in [0.25, 0.3) is 0 Å². The van der Waals surface area contributed by atoms with Crippen molar-refractivity contribution in [2.75, 3.05) is 7.11 Å². The van der Waals surface area contributed by atoms with Crippen LogP contribution < -0.4 is 0 Å². The lowest BCUT2D eigenvalue weighted by atomic mass is 10.4. The molecule has 5 nitrogen and oxygen atoms in total. The number of ether oxygens (including phenoxy) is 1. The number of halogens is 1. The minimum absolute atomic E-state index is 0.0592. The minimum Gasteiger partial charge on any atom is -0.477 e. The van der Waals surface area contributed by atoms with E-state index in [0.717, 1.165) is 0 Å². The third-order valence-electron chi connectivity index (χ3n) is 1.87. The number of nitrogens with zero attached hydrogens (tertiary/aromatic N) is 1. The van der Waals surface area contributed by atoms with Gasteiger partial charge in [-0.05, 0) is 6.07 Å². The molecule has 15 heavy (non-hydrogen) atoms. The molecule has 6 heteroatoms. The van der Waals surface area contributed by atoms with Gasteiger partial charge < -0.3 is 14.4 Å². The predicted molar refractivity (Wildman–Crippen MR) is 53.0 cm³/mol. The van der Waals surface area contributed by atoms with Crippen molar-refractivity contribution in [1.82, 2.24) is 4.57 Å². The van der Waals surface area contributed by atoms with Crippen LogP contribution in [0.4, 0.5) is 0 Å². The summed E-state index contributed by atoms with van der Waals surface area (Å²) in [5.41, 5.74) is 0.0592. The largest absolute Gasteiger partial charge is 0.477 e. The standard InChI is InChI=1S/C9H10ClNO4/c1-15-8(12)2-3-11-5-6(10)4-7(11)9(13)14/h4-5H,2-3H2,1H3,(H,13,14). The summed E-state index contributed by atoms with van der Waals surface area (Å²) in [5, 5.41) is 9.14. The zero-order valence-corrected chi connectivity index (χ0v) is 8.82. The molecule has 0 saturated carbocycles. The van der Waals surface area contributed by atoms with Crippen molar-refractivity contribution in [2.45, 2.75) is 13.0 Å². The van der Waals surface area contributed by atoms with E-state index in [4.69, 9.17) is 16.7 Å². The molecule has 0 fully saturated rings. The molecule has 1 rings (SSSR count). The highest BCUT2D eigenvalue weighted by atomic mass is 35.5. The second-order valence-corrected chi connectivity index (χ2v) is 3.30. The first-order valence-corrected chi connectivity index (χ1v) is 4.58. The molecule has 1 heterocycles. The molecule has 0 amide bonds. The maximum absolute atomic E-state index is 10.9. The van der Waals surface area contributed by atoms with Crippen LogP contribution >= 0.6 is 11.6 Å². The van der Waals surface area contributed by atoms with Crippen LogP contribution in [0.3, 0.4) is 0 Å². The Hall–Kier alpha value is -1.49. The fraction of sp³-hybridized carbons (Fsp3) is 0.333. The number of esters is 1. The molecular weight excluding hydrogens is 222 g/mol. The highest BCUT2D eigenvalue weighted by molar-refractivity contribution is 6.30. The van der Waals surface area contributed by atoms with Gasteiger partial charge >= 0.3 is 11.9 Å². The molecule has 0 atom stereocenters. The summed E-state index contributed by atoms with van der Waals surface area (Å²) in [6, 6.07) is 1.33. The van der Waals surface area contributed by atoms with Crippen LogP contribution in [-0.4, -0.2) is 28.7 Å². The van der Waals surface area contributed by atoms with E-state index in [1.54, 1.807) is 0 Å². The van der Waals surface area contributed by atoms with Crippen LogP contribution in [0, 0.1) is 0 Å². The number of carboxylic acids is 1. The second-order valence-electron chi connectivity index (χ2n) is 2.87. The van der Waals surface area contributed by atoms with E-state index in [-0.39, 0.29) is 18.7 Å². The predicted octanol–water partition coefficient (Wildman–Crippen LogP) is 1.40. The highest BCUT2D eigenvalue weighted by Gasteiger charge is 2.12. The molecule has 0 saturated heterocycles. The number of carbonyl (C=O) groups excluding carboxylic acids is 1. The molecule has 1 N–H and O–H groups in total. The summed E-state index contributed by atoms with van der Waals surface area (Å²) in [4.78, 5) is 21.6. The maximum Gasteiger partial charge on any atom is 0.352 e. The van der Waals surface area contributed by atoms with Crippen LogP contribution in [0.25, 0.3) is 0 Å². The summed E-state index contributed by atoms with van der Waals surface area (Å²) >= 11 is 5.66. The highest BCUT2D eigenvalue weighted by Crippen LogP contribution is 2.14. The lowest BCUT2D eigenvalue weighted by Gasteiger charge is -2.04. The molecule has 0 radical (unpaired) electrons. The summed E-state index contributed by atoms with van der Waals surface area (Å²) in [6.45, 7) is 0.237. The first-order chi connectivity index (χ1) is 7.04. The smallest absolute Gasteiger partial charge is 0.352 e. The number of aromatic carboxylic acids is 1. The van der Waals surface area contributed by atoms with Crippen LogP contribution in [0.5, 0.6) is 0 Å². The number of methoxy groups -OCH3 is 1. The molecule has 0 unspecified atom stereocenters. The third-order valence-corrected chi connectivity index (χ3v) is 2.07. The molecule has 0 aliphatic heterocycles. The summed E-state index contributed by atoms with van der Waals surface area (Å²) in [5.74, 6) is -1.47. The molecule has 0 bridgehead atoms. The Kier molecular flexibility index (Phi) is 3.74. The summed E-state index contributed by atoms with van der Waals surface area (Å²) in [7, 11) is 1.28. The van der Waals surface area contributed by atoms with Crippen LogP contribution in [-0.2, 0) is 16.1 Å². The third kappa shape index (κ3) is 2.99. The topological polar surface area (TPSA) is 68.5 Å².